The van der Waals surface area contributed by atoms with Crippen molar-refractivity contribution in [2.24, 2.45) is 0 Å². The number of methoxy groups -OCH3 is 1. The van der Waals surface area contributed by atoms with Crippen molar-refractivity contribution in [2.75, 3.05) is 20.3 Å². The molecule has 1 aromatic rings. The number of ether oxygens (including phenoxy) is 2. The van der Waals surface area contributed by atoms with Crippen molar-refractivity contribution in [3.8, 4) is 5.75 Å². The molecule has 0 spiro atoms. The van der Waals surface area contributed by atoms with E-state index in [0.29, 0.717) is 12.1 Å². The number of morpholine rings is 1. The Labute approximate surface area is 103 Å². The molecule has 1 saturated heterocycles. The lowest BCUT2D eigenvalue weighted by Crippen LogP contribution is -2.46. The SMILES string of the molecule is COc1cccc(CN2CC(C)OCC2C)c1. The standard InChI is InChI=1S/C14H21NO2/c1-11-10-17-12(2)8-15(11)9-13-5-4-6-14(7-13)16-3/h4-7,11-12H,8-10H2,1-3H3. The highest BCUT2D eigenvalue weighted by Crippen LogP contribution is 2.18. The molecule has 2 unspecified atom stereocenters. The Bertz CT molecular complexity index is 367. The molecule has 1 heterocycles. The van der Waals surface area contributed by atoms with Crippen LogP contribution in [0.3, 0.4) is 0 Å². The number of hydrogen-bond acceptors (Lipinski definition) is 3. The topological polar surface area (TPSA) is 21.7 Å². The minimum absolute atomic E-state index is 0.330. The molecule has 0 amide bonds. The van der Waals surface area contributed by atoms with Crippen molar-refractivity contribution in [1.29, 1.82) is 0 Å². The van der Waals surface area contributed by atoms with E-state index in [9.17, 15) is 0 Å². The molecule has 0 aliphatic carbocycles. The van der Waals surface area contributed by atoms with Crippen LogP contribution >= 0.6 is 0 Å². The molecule has 2 atom stereocenters. The van der Waals surface area contributed by atoms with E-state index < -0.39 is 0 Å². The molecule has 0 radical (unpaired) electrons. The first-order valence-electron chi connectivity index (χ1n) is 6.17. The van der Waals surface area contributed by atoms with Crippen LogP contribution in [0.2, 0.25) is 0 Å². The Morgan fingerprint density at radius 1 is 1.41 bits per heavy atom. The first-order valence-corrected chi connectivity index (χ1v) is 6.17. The highest BCUT2D eigenvalue weighted by Gasteiger charge is 2.23. The summed E-state index contributed by atoms with van der Waals surface area (Å²) in [5.74, 6) is 0.927. The van der Waals surface area contributed by atoms with E-state index in [-0.39, 0.29) is 0 Å². The van der Waals surface area contributed by atoms with Crippen LogP contribution in [0.1, 0.15) is 19.4 Å². The van der Waals surface area contributed by atoms with Crippen LogP contribution in [0.5, 0.6) is 5.75 Å². The minimum Gasteiger partial charge on any atom is -0.497 e. The summed E-state index contributed by atoms with van der Waals surface area (Å²) in [5.41, 5.74) is 1.30. The van der Waals surface area contributed by atoms with Crippen molar-refractivity contribution < 1.29 is 9.47 Å². The van der Waals surface area contributed by atoms with E-state index in [1.54, 1.807) is 7.11 Å². The molecule has 1 aliphatic rings. The van der Waals surface area contributed by atoms with Gasteiger partial charge in [-0.1, -0.05) is 12.1 Å². The molecular formula is C14H21NO2. The lowest BCUT2D eigenvalue weighted by atomic mass is 10.1. The Morgan fingerprint density at radius 3 is 3.00 bits per heavy atom. The number of benzene rings is 1. The Balaban J connectivity index is 2.03. The van der Waals surface area contributed by atoms with Gasteiger partial charge in [0.25, 0.3) is 0 Å². The van der Waals surface area contributed by atoms with Gasteiger partial charge in [-0.15, -0.1) is 0 Å². The van der Waals surface area contributed by atoms with Crippen molar-refractivity contribution in [2.45, 2.75) is 32.5 Å². The first-order chi connectivity index (χ1) is 8.19. The van der Waals surface area contributed by atoms with Gasteiger partial charge in [0, 0.05) is 19.1 Å². The van der Waals surface area contributed by atoms with Gasteiger partial charge in [-0.2, -0.15) is 0 Å². The summed E-state index contributed by atoms with van der Waals surface area (Å²) in [7, 11) is 1.71. The molecular weight excluding hydrogens is 214 g/mol. The molecule has 2 rings (SSSR count). The molecule has 3 heteroatoms. The molecule has 1 aromatic carbocycles. The summed E-state index contributed by atoms with van der Waals surface area (Å²) in [4.78, 5) is 2.46. The van der Waals surface area contributed by atoms with Gasteiger partial charge in [-0.05, 0) is 31.5 Å². The van der Waals surface area contributed by atoms with Crippen LogP contribution in [-0.2, 0) is 11.3 Å². The van der Waals surface area contributed by atoms with Crippen LogP contribution in [0, 0.1) is 0 Å². The second kappa shape index (κ2) is 5.52. The van der Waals surface area contributed by atoms with E-state index in [2.05, 4.69) is 30.9 Å². The van der Waals surface area contributed by atoms with Gasteiger partial charge in [0.1, 0.15) is 5.75 Å². The predicted molar refractivity (Wildman–Crippen MR) is 68.3 cm³/mol. The lowest BCUT2D eigenvalue weighted by Gasteiger charge is -2.36. The minimum atomic E-state index is 0.330. The summed E-state index contributed by atoms with van der Waals surface area (Å²) in [6.07, 6.45) is 0.330. The second-order valence-electron chi connectivity index (χ2n) is 4.77. The van der Waals surface area contributed by atoms with Gasteiger partial charge >= 0.3 is 0 Å². The zero-order valence-corrected chi connectivity index (χ0v) is 10.8. The molecule has 0 bridgehead atoms. The average Bonchev–Trinajstić information content (AvgIpc) is 2.34. The van der Waals surface area contributed by atoms with Crippen LogP contribution in [0.25, 0.3) is 0 Å². The van der Waals surface area contributed by atoms with E-state index in [0.717, 1.165) is 25.4 Å². The van der Waals surface area contributed by atoms with Crippen molar-refractivity contribution in [3.05, 3.63) is 29.8 Å². The monoisotopic (exact) mass is 235 g/mol. The van der Waals surface area contributed by atoms with Crippen LogP contribution in [0.4, 0.5) is 0 Å². The maximum atomic E-state index is 5.64. The van der Waals surface area contributed by atoms with Gasteiger partial charge in [0.05, 0.1) is 19.8 Å². The second-order valence-corrected chi connectivity index (χ2v) is 4.77. The smallest absolute Gasteiger partial charge is 0.119 e. The summed E-state index contributed by atoms with van der Waals surface area (Å²) >= 11 is 0. The maximum Gasteiger partial charge on any atom is 0.119 e. The fourth-order valence-corrected chi connectivity index (χ4v) is 2.20. The van der Waals surface area contributed by atoms with Crippen molar-refractivity contribution in [3.63, 3.8) is 0 Å². The van der Waals surface area contributed by atoms with Gasteiger partial charge in [-0.3, -0.25) is 4.90 Å². The predicted octanol–water partition coefficient (Wildman–Crippen LogP) is 2.30. The average molecular weight is 235 g/mol. The normalized spacial score (nSPS) is 25.8. The van der Waals surface area contributed by atoms with Gasteiger partial charge in [0.15, 0.2) is 0 Å². The van der Waals surface area contributed by atoms with Gasteiger partial charge < -0.3 is 9.47 Å². The summed E-state index contributed by atoms with van der Waals surface area (Å²) < 4.78 is 10.9. The highest BCUT2D eigenvalue weighted by molar-refractivity contribution is 5.28. The van der Waals surface area contributed by atoms with E-state index >= 15 is 0 Å². The summed E-state index contributed by atoms with van der Waals surface area (Å²) in [5, 5.41) is 0. The first kappa shape index (κ1) is 12.4. The van der Waals surface area contributed by atoms with Gasteiger partial charge in [-0.25, -0.2) is 0 Å². The molecule has 0 N–H and O–H groups in total. The zero-order valence-electron chi connectivity index (χ0n) is 10.8. The third-order valence-corrected chi connectivity index (χ3v) is 3.26. The number of nitrogens with zero attached hydrogens (tertiary/aromatic N) is 1. The van der Waals surface area contributed by atoms with Crippen LogP contribution in [0.15, 0.2) is 24.3 Å². The molecule has 3 nitrogen and oxygen atoms in total. The molecule has 94 valence electrons. The Kier molecular flexibility index (Phi) is 4.02. The number of rotatable bonds is 3. The van der Waals surface area contributed by atoms with E-state index in [1.165, 1.54) is 5.56 Å². The molecule has 1 fully saturated rings. The zero-order chi connectivity index (χ0) is 12.3. The van der Waals surface area contributed by atoms with E-state index in [1.807, 2.05) is 12.1 Å². The van der Waals surface area contributed by atoms with Crippen LogP contribution in [-0.4, -0.2) is 37.3 Å². The van der Waals surface area contributed by atoms with Crippen molar-refractivity contribution in [1.82, 2.24) is 4.90 Å². The van der Waals surface area contributed by atoms with E-state index in [4.69, 9.17) is 9.47 Å². The molecule has 0 aromatic heterocycles. The fraction of sp³-hybridized carbons (Fsp3) is 0.571. The van der Waals surface area contributed by atoms with Crippen LogP contribution < -0.4 is 4.74 Å². The largest absolute Gasteiger partial charge is 0.497 e. The Hall–Kier alpha value is -1.06. The fourth-order valence-electron chi connectivity index (χ4n) is 2.20. The summed E-state index contributed by atoms with van der Waals surface area (Å²) in [6, 6.07) is 8.76. The third kappa shape index (κ3) is 3.20. The molecule has 0 saturated carbocycles. The van der Waals surface area contributed by atoms with Gasteiger partial charge in [0.2, 0.25) is 0 Å². The summed E-state index contributed by atoms with van der Waals surface area (Å²) in [6.45, 7) is 7.13. The number of hydrogen-bond donors (Lipinski definition) is 0. The van der Waals surface area contributed by atoms with Crippen molar-refractivity contribution >= 4 is 0 Å². The Morgan fingerprint density at radius 2 is 2.24 bits per heavy atom. The quantitative estimate of drug-likeness (QED) is 0.802. The molecule has 1 aliphatic heterocycles. The lowest BCUT2D eigenvalue weighted by molar-refractivity contribution is -0.0526. The maximum absolute atomic E-state index is 5.64. The highest BCUT2D eigenvalue weighted by atomic mass is 16.5. The molecule has 17 heavy (non-hydrogen) atoms. The third-order valence-electron chi connectivity index (χ3n) is 3.26.